The average molecular weight is 617 g/mol. The molecule has 0 heterocycles. The Kier molecular flexibility index (Phi) is 11.8. The quantitative estimate of drug-likeness (QED) is 0.297. The van der Waals surface area contributed by atoms with Gasteiger partial charge in [-0.2, -0.15) is 0 Å². The van der Waals surface area contributed by atoms with Gasteiger partial charge in [-0.3, -0.25) is 13.9 Å². The zero-order valence-corrected chi connectivity index (χ0v) is 25.4. The highest BCUT2D eigenvalue weighted by atomic mass is 35.5. The molecule has 0 aliphatic heterocycles. The van der Waals surface area contributed by atoms with Crippen LogP contribution in [0.25, 0.3) is 0 Å². The lowest BCUT2D eigenvalue weighted by Crippen LogP contribution is -2.51. The average Bonchev–Trinajstić information content (AvgIpc) is 2.88. The lowest BCUT2D eigenvalue weighted by Gasteiger charge is -2.33. The Morgan fingerprint density at radius 1 is 1.00 bits per heavy atom. The van der Waals surface area contributed by atoms with Gasteiger partial charge in [0.05, 0.1) is 11.9 Å². The van der Waals surface area contributed by atoms with Crippen LogP contribution in [0, 0.1) is 0 Å². The Morgan fingerprint density at radius 2 is 1.64 bits per heavy atom. The van der Waals surface area contributed by atoms with E-state index >= 15 is 0 Å². The third-order valence-corrected chi connectivity index (χ3v) is 8.99. The van der Waals surface area contributed by atoms with Crippen molar-refractivity contribution in [2.75, 3.05) is 17.1 Å². The second-order valence-corrected chi connectivity index (χ2v) is 13.1. The van der Waals surface area contributed by atoms with E-state index in [4.69, 9.17) is 34.8 Å². The predicted molar refractivity (Wildman–Crippen MR) is 159 cm³/mol. The van der Waals surface area contributed by atoms with E-state index in [0.29, 0.717) is 32.7 Å². The predicted octanol–water partition coefficient (Wildman–Crippen LogP) is 6.45. The molecule has 2 aromatic rings. The maximum Gasteiger partial charge on any atom is 0.243 e. The number of sulfonamides is 1. The van der Waals surface area contributed by atoms with Crippen LogP contribution in [0.4, 0.5) is 5.69 Å². The van der Waals surface area contributed by atoms with Gasteiger partial charge in [0.25, 0.3) is 0 Å². The molecule has 1 aliphatic rings. The SMILES string of the molecule is CCC(C(=O)NC1CCCCC1)N(Cc1ccc(Cl)cc1Cl)C(=O)CCCN(c1ccc(Cl)cc1)S(C)(=O)=O. The van der Waals surface area contributed by atoms with Crippen molar-refractivity contribution in [2.24, 2.45) is 0 Å². The van der Waals surface area contributed by atoms with Crippen molar-refractivity contribution >= 4 is 62.3 Å². The molecule has 1 unspecified atom stereocenters. The summed E-state index contributed by atoms with van der Waals surface area (Å²) in [6, 6.07) is 11.0. The van der Waals surface area contributed by atoms with E-state index < -0.39 is 16.1 Å². The highest BCUT2D eigenvalue weighted by molar-refractivity contribution is 7.92. The lowest BCUT2D eigenvalue weighted by molar-refractivity contribution is -0.141. The van der Waals surface area contributed by atoms with Gasteiger partial charge < -0.3 is 10.2 Å². The summed E-state index contributed by atoms with van der Waals surface area (Å²) >= 11 is 18.5. The molecule has 0 spiro atoms. The van der Waals surface area contributed by atoms with Crippen LogP contribution in [0.15, 0.2) is 42.5 Å². The maximum atomic E-state index is 13.6. The Balaban J connectivity index is 1.78. The first-order chi connectivity index (χ1) is 18.5. The molecular formula is C28H36Cl3N3O4S. The van der Waals surface area contributed by atoms with E-state index in [-0.39, 0.29) is 43.8 Å². The molecule has 2 amide bonds. The summed E-state index contributed by atoms with van der Waals surface area (Å²) < 4.78 is 26.2. The van der Waals surface area contributed by atoms with Gasteiger partial charge in [0.15, 0.2) is 0 Å². The number of nitrogens with zero attached hydrogens (tertiary/aromatic N) is 2. The first kappa shape index (κ1) is 31.5. The molecule has 2 aromatic carbocycles. The normalized spacial score (nSPS) is 15.0. The molecule has 214 valence electrons. The van der Waals surface area contributed by atoms with Crippen LogP contribution in [0.2, 0.25) is 15.1 Å². The molecule has 1 saturated carbocycles. The van der Waals surface area contributed by atoms with Gasteiger partial charge in [-0.15, -0.1) is 0 Å². The van der Waals surface area contributed by atoms with Gasteiger partial charge in [0, 0.05) is 40.6 Å². The lowest BCUT2D eigenvalue weighted by atomic mass is 9.95. The van der Waals surface area contributed by atoms with Crippen LogP contribution in [0.3, 0.4) is 0 Å². The number of hydrogen-bond donors (Lipinski definition) is 1. The van der Waals surface area contributed by atoms with Crippen LogP contribution < -0.4 is 9.62 Å². The summed E-state index contributed by atoms with van der Waals surface area (Å²) in [5.41, 5.74) is 1.15. The van der Waals surface area contributed by atoms with Crippen LogP contribution in [0.5, 0.6) is 0 Å². The third kappa shape index (κ3) is 9.27. The molecule has 7 nitrogen and oxygen atoms in total. The fourth-order valence-electron chi connectivity index (χ4n) is 4.91. The number of carbonyl (C=O) groups excluding carboxylic acids is 2. The largest absolute Gasteiger partial charge is 0.352 e. The van der Waals surface area contributed by atoms with Crippen LogP contribution in [0.1, 0.15) is 63.9 Å². The Bertz CT molecular complexity index is 1240. The van der Waals surface area contributed by atoms with Crippen molar-refractivity contribution in [2.45, 2.75) is 76.9 Å². The van der Waals surface area contributed by atoms with Gasteiger partial charge in [0.1, 0.15) is 6.04 Å². The molecule has 3 rings (SSSR count). The number of carbonyl (C=O) groups is 2. The zero-order chi connectivity index (χ0) is 28.6. The summed E-state index contributed by atoms with van der Waals surface area (Å²) in [5.74, 6) is -0.432. The minimum absolute atomic E-state index is 0.0536. The zero-order valence-electron chi connectivity index (χ0n) is 22.3. The molecule has 1 atom stereocenters. The highest BCUT2D eigenvalue weighted by Crippen LogP contribution is 2.26. The molecule has 1 fully saturated rings. The third-order valence-electron chi connectivity index (χ3n) is 6.96. The first-order valence-corrected chi connectivity index (χ1v) is 16.2. The molecule has 1 N–H and O–H groups in total. The monoisotopic (exact) mass is 615 g/mol. The topological polar surface area (TPSA) is 86.8 Å². The minimum atomic E-state index is -3.59. The summed E-state index contributed by atoms with van der Waals surface area (Å²) in [7, 11) is -3.59. The van der Waals surface area contributed by atoms with Crippen LogP contribution in [-0.2, 0) is 26.2 Å². The van der Waals surface area contributed by atoms with Crippen molar-refractivity contribution in [3.8, 4) is 0 Å². The smallest absolute Gasteiger partial charge is 0.243 e. The molecule has 0 aromatic heterocycles. The molecule has 0 saturated heterocycles. The van der Waals surface area contributed by atoms with Gasteiger partial charge in [-0.05, 0) is 67.6 Å². The number of rotatable bonds is 12. The highest BCUT2D eigenvalue weighted by Gasteiger charge is 2.31. The molecule has 0 radical (unpaired) electrons. The van der Waals surface area contributed by atoms with Crippen molar-refractivity contribution in [3.63, 3.8) is 0 Å². The number of halogens is 3. The molecular weight excluding hydrogens is 581 g/mol. The molecule has 0 bridgehead atoms. The van der Waals surface area contributed by atoms with Gasteiger partial charge in [0.2, 0.25) is 21.8 Å². The second kappa shape index (κ2) is 14.6. The maximum absolute atomic E-state index is 13.6. The number of hydrogen-bond acceptors (Lipinski definition) is 4. The van der Waals surface area contributed by atoms with Gasteiger partial charge >= 0.3 is 0 Å². The van der Waals surface area contributed by atoms with Crippen molar-refractivity contribution < 1.29 is 18.0 Å². The minimum Gasteiger partial charge on any atom is -0.352 e. The second-order valence-electron chi connectivity index (χ2n) is 9.94. The first-order valence-electron chi connectivity index (χ1n) is 13.3. The summed E-state index contributed by atoms with van der Waals surface area (Å²) in [5, 5.41) is 4.54. The Hall–Kier alpha value is -2.00. The van der Waals surface area contributed by atoms with E-state index in [1.807, 2.05) is 6.92 Å². The van der Waals surface area contributed by atoms with Gasteiger partial charge in [-0.1, -0.05) is 67.1 Å². The number of nitrogens with one attached hydrogen (secondary N) is 1. The number of anilines is 1. The molecule has 39 heavy (non-hydrogen) atoms. The fourth-order valence-corrected chi connectivity index (χ4v) is 6.47. The number of amides is 2. The molecule has 11 heteroatoms. The van der Waals surface area contributed by atoms with E-state index in [2.05, 4.69) is 5.32 Å². The summed E-state index contributed by atoms with van der Waals surface area (Å²) in [4.78, 5) is 28.6. The van der Waals surface area contributed by atoms with Crippen molar-refractivity contribution in [1.82, 2.24) is 10.2 Å². The van der Waals surface area contributed by atoms with E-state index in [1.165, 1.54) is 10.7 Å². The standard InChI is InChI=1S/C28H36Cl3N3O4S/c1-3-26(28(36)32-23-8-5-4-6-9-23)33(19-20-11-12-22(30)18-25(20)31)27(35)10-7-17-34(39(2,37)38)24-15-13-21(29)14-16-24/h11-16,18,23,26H,3-10,17,19H2,1-2H3,(H,32,36). The van der Waals surface area contributed by atoms with E-state index in [1.54, 1.807) is 47.4 Å². The van der Waals surface area contributed by atoms with E-state index in [9.17, 15) is 18.0 Å². The summed E-state index contributed by atoms with van der Waals surface area (Å²) in [6.45, 7) is 2.12. The summed E-state index contributed by atoms with van der Waals surface area (Å²) in [6.07, 6.45) is 7.07. The molecule has 1 aliphatic carbocycles. The van der Waals surface area contributed by atoms with Crippen LogP contribution >= 0.6 is 34.8 Å². The fraction of sp³-hybridized carbons (Fsp3) is 0.500. The van der Waals surface area contributed by atoms with Gasteiger partial charge in [-0.25, -0.2) is 8.42 Å². The van der Waals surface area contributed by atoms with Crippen molar-refractivity contribution in [3.05, 3.63) is 63.1 Å². The Labute approximate surface area is 246 Å². The van der Waals surface area contributed by atoms with Crippen molar-refractivity contribution in [1.29, 1.82) is 0 Å². The van der Waals surface area contributed by atoms with E-state index in [0.717, 1.165) is 31.9 Å². The van der Waals surface area contributed by atoms with Crippen LogP contribution in [-0.4, -0.2) is 50.0 Å². The Morgan fingerprint density at radius 3 is 2.23 bits per heavy atom. The number of benzene rings is 2.